The molecule has 0 aromatic rings. The van der Waals surface area contributed by atoms with Gasteiger partial charge >= 0.3 is 17.1 Å². The van der Waals surface area contributed by atoms with Crippen LogP contribution in [0, 0.1) is 5.92 Å². The molecule has 1 heterocycles. The molecule has 1 saturated heterocycles. The second-order valence-corrected chi connectivity index (χ2v) is 27.0. The molecular formula is C17H41F3O4Si4. The van der Waals surface area contributed by atoms with Crippen molar-refractivity contribution < 1.29 is 30.9 Å². The third-order valence-corrected chi connectivity index (χ3v) is 18.1. The fraction of sp³-hybridized carbons (Fsp3) is 1.00. The lowest BCUT2D eigenvalue weighted by molar-refractivity contribution is 0.108. The highest BCUT2D eigenvalue weighted by atomic mass is 28.5. The van der Waals surface area contributed by atoms with Crippen molar-refractivity contribution in [1.82, 2.24) is 0 Å². The zero-order chi connectivity index (χ0) is 21.1. The van der Waals surface area contributed by atoms with E-state index < -0.39 is 33.8 Å². The molecule has 0 bridgehead atoms. The van der Waals surface area contributed by atoms with Gasteiger partial charge in [-0.1, -0.05) is 0 Å². The van der Waals surface area contributed by atoms with Gasteiger partial charge in [-0.05, 0) is 96.6 Å². The topological polar surface area (TPSA) is 40.2 Å². The van der Waals surface area contributed by atoms with Gasteiger partial charge in [-0.15, -0.1) is 0 Å². The lowest BCUT2D eigenvalue weighted by Crippen LogP contribution is -2.56. The summed E-state index contributed by atoms with van der Waals surface area (Å²) in [7, 11) is -7.67. The molecule has 170 valence electrons. The first-order chi connectivity index (χ1) is 12.2. The van der Waals surface area contributed by atoms with Crippen LogP contribution in [0.15, 0.2) is 0 Å². The number of halogens is 3. The molecule has 0 N–H and O–H groups in total. The molecule has 4 atom stereocenters. The Morgan fingerprint density at radius 3 is 1.79 bits per heavy atom. The molecule has 1 saturated carbocycles. The highest BCUT2D eigenvalue weighted by molar-refractivity contribution is 6.89. The monoisotopic (exact) mass is 478 g/mol. The number of fused-ring (bicyclic) bond motifs is 1. The summed E-state index contributed by atoms with van der Waals surface area (Å²) < 4.78 is 41.6. The predicted octanol–water partition coefficient (Wildman–Crippen LogP) is 6.43. The van der Waals surface area contributed by atoms with Crippen LogP contribution in [0.3, 0.4) is 0 Å². The van der Waals surface area contributed by atoms with E-state index in [4.69, 9.17) is 26.2 Å². The maximum absolute atomic E-state index is 8.00. The zero-order valence-electron chi connectivity index (χ0n) is 19.1. The van der Waals surface area contributed by atoms with Crippen LogP contribution in [-0.4, -0.2) is 46.0 Å². The fourth-order valence-electron chi connectivity index (χ4n) is 4.26. The number of hydrogen-bond acceptors (Lipinski definition) is 4. The summed E-state index contributed by atoms with van der Waals surface area (Å²) in [6, 6.07) is 1.09. The van der Waals surface area contributed by atoms with E-state index in [9.17, 15) is 0 Å². The minimum atomic E-state index is -2.23. The number of hydrogen-bond donors (Lipinski definition) is 0. The van der Waals surface area contributed by atoms with E-state index >= 15 is 0 Å². The van der Waals surface area contributed by atoms with E-state index in [1.54, 1.807) is 0 Å². The Hall–Kier alpha value is 0.498. The molecule has 11 heteroatoms. The quantitative estimate of drug-likeness (QED) is 0.283. The molecule has 2 fully saturated rings. The van der Waals surface area contributed by atoms with E-state index in [2.05, 4.69) is 58.9 Å². The largest absolute Gasteiger partial charge is 0.437 e. The summed E-state index contributed by atoms with van der Waals surface area (Å²) in [6.45, 7) is 20.3. The van der Waals surface area contributed by atoms with E-state index in [1.807, 2.05) is 0 Å². The van der Waals surface area contributed by atoms with Crippen molar-refractivity contribution in [1.29, 1.82) is 0 Å². The first-order valence-corrected chi connectivity index (χ1v) is 22.2. The van der Waals surface area contributed by atoms with Crippen LogP contribution in [0.2, 0.25) is 65.0 Å². The van der Waals surface area contributed by atoms with E-state index in [1.165, 1.54) is 25.7 Å². The summed E-state index contributed by atoms with van der Waals surface area (Å²) in [5.41, 5.74) is 0. The van der Waals surface area contributed by atoms with Crippen molar-refractivity contribution in [2.75, 3.05) is 0 Å². The molecule has 2 aliphatic rings. The SMILES string of the molecule is C[Si](C)(C)O[Si](C)(C)O[Si](C)(CCC1CCC2OC2C1)O[Si](C)(C)C.F.FF. The van der Waals surface area contributed by atoms with Crippen molar-refractivity contribution in [3.05, 3.63) is 0 Å². The first-order valence-electron chi connectivity index (χ1n) is 10.1. The summed E-state index contributed by atoms with van der Waals surface area (Å²) in [6.07, 6.45) is 6.18. The van der Waals surface area contributed by atoms with Crippen LogP contribution in [0.25, 0.3) is 0 Å². The molecule has 28 heavy (non-hydrogen) atoms. The maximum Gasteiger partial charge on any atom is 0.315 e. The standard InChI is InChI=1S/C17H40O4Si4.F2.FH/c1-22(2,3)19-24(7,8)21-25(9,20-23(4,5)6)13-12-15-10-11-16-17(14-15)18-16;1-2;/h15-17H,10-14H2,1-9H3;;1H. The number of ether oxygens (including phenoxy) is 1. The van der Waals surface area contributed by atoms with Crippen LogP contribution in [0.1, 0.15) is 25.7 Å². The van der Waals surface area contributed by atoms with Gasteiger partial charge in [0.1, 0.15) is 0 Å². The van der Waals surface area contributed by atoms with Crippen LogP contribution >= 0.6 is 0 Å². The zero-order valence-corrected chi connectivity index (χ0v) is 23.1. The third-order valence-electron chi connectivity index (χ3n) is 4.66. The minimum absolute atomic E-state index is 0. The molecule has 0 amide bonds. The van der Waals surface area contributed by atoms with Gasteiger partial charge in [0, 0.05) is 9.15 Å². The average molecular weight is 479 g/mol. The average Bonchev–Trinajstić information content (AvgIpc) is 3.20. The molecule has 0 radical (unpaired) electrons. The summed E-state index contributed by atoms with van der Waals surface area (Å²) in [5, 5.41) is 0. The van der Waals surface area contributed by atoms with Gasteiger partial charge in [0.05, 0.1) is 12.2 Å². The summed E-state index contributed by atoms with van der Waals surface area (Å²) in [4.78, 5) is 0. The second kappa shape index (κ2) is 10.7. The van der Waals surface area contributed by atoms with Gasteiger partial charge in [-0.25, -0.2) is 0 Å². The Bertz CT molecular complexity index is 474. The Balaban J connectivity index is 0.00000235. The van der Waals surface area contributed by atoms with Crippen LogP contribution in [-0.2, 0) is 17.1 Å². The van der Waals surface area contributed by atoms with Gasteiger partial charge in [0.25, 0.3) is 0 Å². The van der Waals surface area contributed by atoms with Crippen LogP contribution in [0.4, 0.5) is 13.9 Å². The van der Waals surface area contributed by atoms with Crippen LogP contribution in [0.5, 0.6) is 0 Å². The van der Waals surface area contributed by atoms with Gasteiger partial charge in [0.2, 0.25) is 0 Å². The van der Waals surface area contributed by atoms with Gasteiger partial charge in [0.15, 0.2) is 16.6 Å². The van der Waals surface area contributed by atoms with Crippen molar-refractivity contribution in [2.24, 2.45) is 5.92 Å². The van der Waals surface area contributed by atoms with E-state index in [-0.39, 0.29) is 4.70 Å². The lowest BCUT2D eigenvalue weighted by atomic mass is 9.88. The molecule has 1 aliphatic heterocycles. The van der Waals surface area contributed by atoms with E-state index in [0.717, 1.165) is 12.0 Å². The molecule has 0 aromatic heterocycles. The van der Waals surface area contributed by atoms with Crippen molar-refractivity contribution in [3.63, 3.8) is 0 Å². The Labute approximate surface area is 173 Å². The highest BCUT2D eigenvalue weighted by Gasteiger charge is 2.47. The van der Waals surface area contributed by atoms with Crippen molar-refractivity contribution >= 4 is 33.8 Å². The summed E-state index contributed by atoms with van der Waals surface area (Å²) >= 11 is 0. The van der Waals surface area contributed by atoms with E-state index in [0.29, 0.717) is 12.2 Å². The molecule has 0 spiro atoms. The number of epoxide rings is 1. The molecular weight excluding hydrogens is 438 g/mol. The van der Waals surface area contributed by atoms with Gasteiger partial charge in [-0.2, -0.15) is 0 Å². The van der Waals surface area contributed by atoms with Crippen molar-refractivity contribution in [3.8, 4) is 0 Å². The normalized spacial score (nSPS) is 26.9. The molecule has 4 unspecified atom stereocenters. The first kappa shape index (κ1) is 28.5. The smallest absolute Gasteiger partial charge is 0.315 e. The Kier molecular flexibility index (Phi) is 10.9. The van der Waals surface area contributed by atoms with Gasteiger partial charge < -0.3 is 17.1 Å². The molecule has 4 nitrogen and oxygen atoms in total. The molecule has 1 aliphatic carbocycles. The third kappa shape index (κ3) is 11.0. The molecule has 0 aromatic carbocycles. The van der Waals surface area contributed by atoms with Crippen molar-refractivity contribution in [2.45, 2.75) is 103 Å². The van der Waals surface area contributed by atoms with Crippen LogP contribution < -0.4 is 0 Å². The maximum atomic E-state index is 8.00. The minimum Gasteiger partial charge on any atom is -0.437 e. The summed E-state index contributed by atoms with van der Waals surface area (Å²) in [5.74, 6) is 0.784. The predicted molar refractivity (Wildman–Crippen MR) is 119 cm³/mol. The second-order valence-electron chi connectivity index (χ2n) is 10.5. The molecule has 2 rings (SSSR count). The lowest BCUT2D eigenvalue weighted by Gasteiger charge is -2.41. The number of rotatable bonds is 9. The fourth-order valence-corrected chi connectivity index (χ4v) is 22.3. The van der Waals surface area contributed by atoms with Gasteiger partial charge in [-0.3, -0.25) is 4.70 Å². The Morgan fingerprint density at radius 1 is 0.786 bits per heavy atom. The highest BCUT2D eigenvalue weighted by Crippen LogP contribution is 2.42. The Morgan fingerprint density at radius 2 is 1.32 bits per heavy atom.